The Balaban J connectivity index is 1.25. The number of aromatic nitrogens is 5. The molecule has 1 saturated carbocycles. The molecular weight excluding hydrogens is 423 g/mol. The summed E-state index contributed by atoms with van der Waals surface area (Å²) in [6, 6.07) is 6.14. The van der Waals surface area contributed by atoms with Gasteiger partial charge in [-0.2, -0.15) is 0 Å². The molecule has 1 aromatic carbocycles. The number of rotatable bonds is 6. The van der Waals surface area contributed by atoms with Gasteiger partial charge in [-0.05, 0) is 42.9 Å². The van der Waals surface area contributed by atoms with E-state index in [1.807, 2.05) is 4.90 Å². The van der Waals surface area contributed by atoms with Crippen molar-refractivity contribution in [3.8, 4) is 0 Å². The number of benzene rings is 1. The summed E-state index contributed by atoms with van der Waals surface area (Å²) in [5.74, 6) is 1.37. The number of H-pyrrole nitrogens is 1. The summed E-state index contributed by atoms with van der Waals surface area (Å²) < 4.78 is 14.8. The van der Waals surface area contributed by atoms with Crippen LogP contribution < -0.4 is 5.56 Å². The van der Waals surface area contributed by atoms with Crippen LogP contribution in [0, 0.1) is 11.7 Å². The minimum Gasteiger partial charge on any atom is -0.343 e. The molecule has 3 heterocycles. The van der Waals surface area contributed by atoms with E-state index in [1.54, 1.807) is 16.8 Å². The van der Waals surface area contributed by atoms with Crippen LogP contribution in [-0.4, -0.2) is 48.9 Å². The Labute approximate surface area is 191 Å². The van der Waals surface area contributed by atoms with Crippen LogP contribution in [-0.2, 0) is 11.3 Å². The minimum atomic E-state index is -0.310. The van der Waals surface area contributed by atoms with Crippen molar-refractivity contribution >= 4 is 17.1 Å². The third kappa shape index (κ3) is 4.82. The molecule has 0 bridgehead atoms. The lowest BCUT2D eigenvalue weighted by atomic mass is 9.95. The number of amides is 1. The van der Waals surface area contributed by atoms with Gasteiger partial charge in [-0.15, -0.1) is 5.10 Å². The highest BCUT2D eigenvalue weighted by Gasteiger charge is 2.27. The Hall–Kier alpha value is -3.10. The predicted molar refractivity (Wildman–Crippen MR) is 121 cm³/mol. The number of piperidine rings is 1. The van der Waals surface area contributed by atoms with Crippen LogP contribution in [0.4, 0.5) is 4.39 Å². The number of nitrogens with zero attached hydrogens (tertiary/aromatic N) is 5. The van der Waals surface area contributed by atoms with E-state index in [0.29, 0.717) is 37.5 Å². The van der Waals surface area contributed by atoms with Crippen LogP contribution in [0.5, 0.6) is 0 Å². The number of carbonyl (C=O) groups is 1. The van der Waals surface area contributed by atoms with E-state index in [0.717, 1.165) is 30.7 Å². The Morgan fingerprint density at radius 2 is 1.82 bits per heavy atom. The zero-order valence-corrected chi connectivity index (χ0v) is 18.7. The third-order valence-electron chi connectivity index (χ3n) is 7.11. The Morgan fingerprint density at radius 1 is 1.09 bits per heavy atom. The van der Waals surface area contributed by atoms with Crippen molar-refractivity contribution < 1.29 is 9.18 Å². The lowest BCUT2D eigenvalue weighted by Gasteiger charge is -2.31. The normalized spacial score (nSPS) is 17.8. The average Bonchev–Trinajstić information content (AvgIpc) is 3.50. The van der Waals surface area contributed by atoms with Gasteiger partial charge in [0.1, 0.15) is 11.6 Å². The van der Waals surface area contributed by atoms with Crippen molar-refractivity contribution in [1.29, 1.82) is 0 Å². The first kappa shape index (κ1) is 21.7. The van der Waals surface area contributed by atoms with E-state index in [1.165, 1.54) is 37.8 Å². The van der Waals surface area contributed by atoms with Gasteiger partial charge in [-0.1, -0.05) is 43.0 Å². The van der Waals surface area contributed by atoms with Crippen molar-refractivity contribution in [2.45, 2.75) is 63.8 Å². The second kappa shape index (κ2) is 9.41. The highest BCUT2D eigenvalue weighted by atomic mass is 19.1. The van der Waals surface area contributed by atoms with Gasteiger partial charge in [0.05, 0.1) is 6.54 Å². The summed E-state index contributed by atoms with van der Waals surface area (Å²) in [6.07, 6.45) is 8.33. The van der Waals surface area contributed by atoms with E-state index in [-0.39, 0.29) is 28.7 Å². The smallest absolute Gasteiger partial charge is 0.281 e. The summed E-state index contributed by atoms with van der Waals surface area (Å²) in [6.45, 7) is 1.71. The number of hydrogen-bond donors (Lipinski definition) is 1. The highest BCUT2D eigenvalue weighted by molar-refractivity contribution is 5.76. The summed E-state index contributed by atoms with van der Waals surface area (Å²) in [7, 11) is 0. The van der Waals surface area contributed by atoms with E-state index >= 15 is 0 Å². The van der Waals surface area contributed by atoms with Gasteiger partial charge in [0.15, 0.2) is 11.2 Å². The van der Waals surface area contributed by atoms with E-state index in [2.05, 4.69) is 15.3 Å². The van der Waals surface area contributed by atoms with E-state index in [4.69, 9.17) is 4.98 Å². The molecule has 2 fully saturated rings. The molecule has 1 aliphatic heterocycles. The second-order valence-electron chi connectivity index (χ2n) is 9.34. The molecule has 1 amide bonds. The topological polar surface area (TPSA) is 96.8 Å². The Bertz CT molecular complexity index is 1170. The molecule has 0 radical (unpaired) electrons. The number of carbonyl (C=O) groups excluding carboxylic acids is 1. The molecule has 0 spiro atoms. The molecule has 3 aromatic rings. The van der Waals surface area contributed by atoms with Crippen LogP contribution in [0.15, 0.2) is 29.1 Å². The fraction of sp³-hybridized carbons (Fsp3) is 0.542. The highest BCUT2D eigenvalue weighted by Crippen LogP contribution is 2.30. The maximum Gasteiger partial charge on any atom is 0.281 e. The van der Waals surface area contributed by atoms with Gasteiger partial charge in [0.25, 0.3) is 5.56 Å². The Kier molecular flexibility index (Phi) is 6.20. The maximum absolute atomic E-state index is 13.2. The van der Waals surface area contributed by atoms with E-state index in [9.17, 15) is 14.0 Å². The largest absolute Gasteiger partial charge is 0.343 e. The number of aromatic amines is 1. The van der Waals surface area contributed by atoms with Crippen LogP contribution in [0.25, 0.3) is 11.2 Å². The predicted octanol–water partition coefficient (Wildman–Crippen LogP) is 3.38. The number of nitrogens with one attached hydrogen (secondary N) is 1. The molecule has 8 nitrogen and oxygen atoms in total. The standard InChI is InChI=1S/C24H29FN6O2/c25-19-8-5-17(6-9-19)15-31-23-21(28-29-31)24(33)27-22(26-23)18-11-13-30(14-12-18)20(32)10-7-16-3-1-2-4-16/h5-6,8-9,16,18H,1-4,7,10-15H2,(H,26,27,33). The van der Waals surface area contributed by atoms with Gasteiger partial charge < -0.3 is 9.88 Å². The molecule has 174 valence electrons. The second-order valence-corrected chi connectivity index (χ2v) is 9.34. The van der Waals surface area contributed by atoms with Gasteiger partial charge >= 0.3 is 0 Å². The van der Waals surface area contributed by atoms with Crippen LogP contribution in [0.1, 0.15) is 68.7 Å². The molecule has 9 heteroatoms. The molecule has 2 aliphatic rings. The first-order chi connectivity index (χ1) is 16.1. The lowest BCUT2D eigenvalue weighted by Crippen LogP contribution is -2.38. The first-order valence-electron chi connectivity index (χ1n) is 11.9. The number of fused-ring (bicyclic) bond motifs is 1. The SMILES string of the molecule is O=C(CCC1CCCC1)N1CCC(c2nc3c(nnn3Cc3ccc(F)cc3)c(=O)[nH]2)CC1. The molecule has 5 rings (SSSR count). The van der Waals surface area contributed by atoms with Gasteiger partial charge in [-0.25, -0.2) is 14.1 Å². The monoisotopic (exact) mass is 452 g/mol. The van der Waals surface area contributed by atoms with Gasteiger partial charge in [-0.3, -0.25) is 9.59 Å². The first-order valence-corrected chi connectivity index (χ1v) is 11.9. The number of halogens is 1. The van der Waals surface area contributed by atoms with Crippen LogP contribution in [0.3, 0.4) is 0 Å². The van der Waals surface area contributed by atoms with Crippen molar-refractivity contribution in [2.75, 3.05) is 13.1 Å². The third-order valence-corrected chi connectivity index (χ3v) is 7.11. The molecule has 1 saturated heterocycles. The van der Waals surface area contributed by atoms with Crippen molar-refractivity contribution in [1.82, 2.24) is 29.9 Å². The Morgan fingerprint density at radius 3 is 2.55 bits per heavy atom. The molecule has 1 N–H and O–H groups in total. The fourth-order valence-electron chi connectivity index (χ4n) is 5.13. The molecule has 0 unspecified atom stereocenters. The molecule has 2 aromatic heterocycles. The quantitative estimate of drug-likeness (QED) is 0.619. The van der Waals surface area contributed by atoms with Gasteiger partial charge in [0, 0.05) is 25.4 Å². The van der Waals surface area contributed by atoms with E-state index < -0.39 is 0 Å². The average molecular weight is 453 g/mol. The molecule has 0 atom stereocenters. The van der Waals surface area contributed by atoms with Crippen molar-refractivity contribution in [2.24, 2.45) is 5.92 Å². The lowest BCUT2D eigenvalue weighted by molar-refractivity contribution is -0.132. The zero-order chi connectivity index (χ0) is 22.8. The van der Waals surface area contributed by atoms with Gasteiger partial charge in [0.2, 0.25) is 5.91 Å². The summed E-state index contributed by atoms with van der Waals surface area (Å²) in [5.41, 5.74) is 1.15. The van der Waals surface area contributed by atoms with Crippen molar-refractivity contribution in [3.05, 3.63) is 51.8 Å². The summed E-state index contributed by atoms with van der Waals surface area (Å²) in [4.78, 5) is 34.8. The minimum absolute atomic E-state index is 0.0788. The maximum atomic E-state index is 13.2. The van der Waals surface area contributed by atoms with Crippen molar-refractivity contribution in [3.63, 3.8) is 0 Å². The number of likely N-dealkylation sites (tertiary alicyclic amines) is 1. The molecule has 33 heavy (non-hydrogen) atoms. The number of hydrogen-bond acceptors (Lipinski definition) is 5. The fourth-order valence-corrected chi connectivity index (χ4v) is 5.13. The summed E-state index contributed by atoms with van der Waals surface area (Å²) in [5, 5.41) is 8.07. The summed E-state index contributed by atoms with van der Waals surface area (Å²) >= 11 is 0. The van der Waals surface area contributed by atoms with Crippen LogP contribution in [0.2, 0.25) is 0 Å². The van der Waals surface area contributed by atoms with Crippen LogP contribution >= 0.6 is 0 Å². The zero-order valence-electron chi connectivity index (χ0n) is 18.7. The molecule has 1 aliphatic carbocycles. The molecular formula is C24H29FN6O2.